The Kier molecular flexibility index (Phi) is 4.71. The first-order valence-electron chi connectivity index (χ1n) is 6.16. The van der Waals surface area contributed by atoms with Gasteiger partial charge in [0.2, 0.25) is 0 Å². The minimum Gasteiger partial charge on any atom is -0.383 e. The molecule has 5 heteroatoms. The lowest BCUT2D eigenvalue weighted by Crippen LogP contribution is -2.40. The van der Waals surface area contributed by atoms with Crippen molar-refractivity contribution in [2.24, 2.45) is 0 Å². The molecule has 1 fully saturated rings. The summed E-state index contributed by atoms with van der Waals surface area (Å²) < 4.78 is 13.3. The highest BCUT2D eigenvalue weighted by molar-refractivity contribution is 6.35. The summed E-state index contributed by atoms with van der Waals surface area (Å²) in [6.45, 7) is 1.96. The van der Waals surface area contributed by atoms with Gasteiger partial charge in [-0.3, -0.25) is 0 Å². The normalized spacial score (nSPS) is 21.0. The van der Waals surface area contributed by atoms with Gasteiger partial charge in [-0.05, 0) is 38.6 Å². The fourth-order valence-electron chi connectivity index (χ4n) is 2.30. The molecule has 0 bridgehead atoms. The molecule has 2 rings (SSSR count). The second-order valence-electron chi connectivity index (χ2n) is 4.76. The Morgan fingerprint density at radius 3 is 2.61 bits per heavy atom. The lowest BCUT2D eigenvalue weighted by molar-refractivity contribution is 0.194. The minimum absolute atomic E-state index is 0.0574. The smallest absolute Gasteiger partial charge is 0.160 e. The van der Waals surface area contributed by atoms with Crippen molar-refractivity contribution in [1.82, 2.24) is 4.90 Å². The highest BCUT2D eigenvalue weighted by Gasteiger charge is 2.18. The number of hydrogen-bond donors (Lipinski definition) is 1. The van der Waals surface area contributed by atoms with Gasteiger partial charge in [0.05, 0.1) is 10.0 Å². The third-order valence-corrected chi connectivity index (χ3v) is 4.00. The first-order valence-corrected chi connectivity index (χ1v) is 6.92. The fourth-order valence-corrected chi connectivity index (χ4v) is 2.78. The molecule has 0 spiro atoms. The number of likely N-dealkylation sites (tertiary alicyclic amines) is 1. The summed E-state index contributed by atoms with van der Waals surface area (Å²) in [6, 6.07) is 3.67. The molecule has 1 atom stereocenters. The highest BCUT2D eigenvalue weighted by Crippen LogP contribution is 2.27. The summed E-state index contributed by atoms with van der Waals surface area (Å²) in [4.78, 5) is 2.35. The van der Waals surface area contributed by atoms with E-state index in [1.54, 1.807) is 12.1 Å². The molecule has 0 amide bonds. The third kappa shape index (κ3) is 3.28. The van der Waals surface area contributed by atoms with Gasteiger partial charge >= 0.3 is 0 Å². The summed E-state index contributed by atoms with van der Waals surface area (Å²) in [7, 11) is 2.14. The Bertz CT molecular complexity index is 402. The average molecular weight is 291 g/mol. The van der Waals surface area contributed by atoms with Crippen molar-refractivity contribution in [3.05, 3.63) is 28.0 Å². The van der Waals surface area contributed by atoms with Crippen molar-refractivity contribution in [1.29, 1.82) is 0 Å². The zero-order valence-corrected chi connectivity index (χ0v) is 11.9. The van der Waals surface area contributed by atoms with Crippen LogP contribution in [0.15, 0.2) is 12.1 Å². The van der Waals surface area contributed by atoms with Gasteiger partial charge < -0.3 is 10.2 Å². The van der Waals surface area contributed by atoms with Crippen molar-refractivity contribution in [2.75, 3.05) is 25.5 Å². The predicted octanol–water partition coefficient (Wildman–Crippen LogP) is 4.03. The fraction of sp³-hybridized carbons (Fsp3) is 0.538. The van der Waals surface area contributed by atoms with Crippen LogP contribution in [-0.4, -0.2) is 31.1 Å². The molecule has 0 radical (unpaired) electrons. The largest absolute Gasteiger partial charge is 0.383 e. The second-order valence-corrected chi connectivity index (χ2v) is 5.58. The highest BCUT2D eigenvalue weighted by atomic mass is 35.5. The summed E-state index contributed by atoms with van der Waals surface area (Å²) in [5, 5.41) is 3.39. The van der Waals surface area contributed by atoms with E-state index in [4.69, 9.17) is 23.2 Å². The van der Waals surface area contributed by atoms with Crippen LogP contribution in [0.3, 0.4) is 0 Å². The molecule has 0 aromatic heterocycles. The molecule has 18 heavy (non-hydrogen) atoms. The summed E-state index contributed by atoms with van der Waals surface area (Å²) in [5.74, 6) is -0.557. The van der Waals surface area contributed by atoms with Crippen LogP contribution < -0.4 is 5.32 Å². The van der Waals surface area contributed by atoms with Gasteiger partial charge in [0.15, 0.2) is 5.82 Å². The molecule has 0 aliphatic carbocycles. The van der Waals surface area contributed by atoms with E-state index in [1.165, 1.54) is 19.3 Å². The monoisotopic (exact) mass is 290 g/mol. The van der Waals surface area contributed by atoms with Crippen molar-refractivity contribution in [2.45, 2.75) is 25.3 Å². The Morgan fingerprint density at radius 1 is 1.33 bits per heavy atom. The Hall–Kier alpha value is -0.510. The molecule has 2 nitrogen and oxygen atoms in total. The van der Waals surface area contributed by atoms with E-state index >= 15 is 0 Å². The quantitative estimate of drug-likeness (QED) is 0.846. The van der Waals surface area contributed by atoms with E-state index in [0.717, 1.165) is 18.8 Å². The van der Waals surface area contributed by atoms with Gasteiger partial charge in [0.1, 0.15) is 0 Å². The first-order chi connectivity index (χ1) is 8.58. The number of nitrogens with zero attached hydrogens (tertiary/aromatic N) is 1. The van der Waals surface area contributed by atoms with Gasteiger partial charge in [0, 0.05) is 18.3 Å². The SMILES string of the molecule is CN1CCCCC1CNc1cc(Cl)c(F)c(Cl)c1. The molecule has 1 aromatic carbocycles. The molecule has 1 aliphatic heterocycles. The number of anilines is 1. The minimum atomic E-state index is -0.557. The average Bonchev–Trinajstić information content (AvgIpc) is 2.35. The van der Waals surface area contributed by atoms with Gasteiger partial charge in [-0.15, -0.1) is 0 Å². The maximum Gasteiger partial charge on any atom is 0.160 e. The molecule has 1 N–H and O–H groups in total. The maximum absolute atomic E-state index is 13.3. The van der Waals surface area contributed by atoms with Crippen LogP contribution in [-0.2, 0) is 0 Å². The molecule has 1 aromatic rings. The van der Waals surface area contributed by atoms with E-state index in [-0.39, 0.29) is 10.0 Å². The zero-order chi connectivity index (χ0) is 13.1. The number of halogens is 3. The van der Waals surface area contributed by atoms with Crippen molar-refractivity contribution >= 4 is 28.9 Å². The zero-order valence-electron chi connectivity index (χ0n) is 10.3. The molecule has 100 valence electrons. The van der Waals surface area contributed by atoms with Gasteiger partial charge in [-0.2, -0.15) is 0 Å². The number of piperidine rings is 1. The third-order valence-electron chi connectivity index (χ3n) is 3.45. The van der Waals surface area contributed by atoms with Crippen LogP contribution in [0.25, 0.3) is 0 Å². The van der Waals surface area contributed by atoms with E-state index in [0.29, 0.717) is 6.04 Å². The van der Waals surface area contributed by atoms with Crippen molar-refractivity contribution in [3.8, 4) is 0 Å². The number of nitrogens with one attached hydrogen (secondary N) is 1. The van der Waals surface area contributed by atoms with Crippen LogP contribution in [0.5, 0.6) is 0 Å². The van der Waals surface area contributed by atoms with Gasteiger partial charge in [0.25, 0.3) is 0 Å². The van der Waals surface area contributed by atoms with E-state index in [2.05, 4.69) is 17.3 Å². The standard InChI is InChI=1S/C13H17Cl2FN2/c1-18-5-3-2-4-10(18)8-17-9-6-11(14)13(16)12(15)7-9/h6-7,10,17H,2-5,8H2,1H3. The van der Waals surface area contributed by atoms with Crippen LogP contribution in [0.4, 0.5) is 10.1 Å². The molecule has 1 unspecified atom stereocenters. The molecule has 1 saturated heterocycles. The van der Waals surface area contributed by atoms with E-state index < -0.39 is 5.82 Å². The summed E-state index contributed by atoms with van der Waals surface area (Å²) >= 11 is 11.5. The van der Waals surface area contributed by atoms with Gasteiger partial charge in [-0.1, -0.05) is 29.6 Å². The van der Waals surface area contributed by atoms with Crippen LogP contribution in [0, 0.1) is 5.82 Å². The van der Waals surface area contributed by atoms with Crippen molar-refractivity contribution in [3.63, 3.8) is 0 Å². The molecule has 1 heterocycles. The van der Waals surface area contributed by atoms with E-state index in [1.807, 2.05) is 0 Å². The van der Waals surface area contributed by atoms with Crippen LogP contribution >= 0.6 is 23.2 Å². The predicted molar refractivity (Wildman–Crippen MR) is 75.2 cm³/mol. The maximum atomic E-state index is 13.3. The van der Waals surface area contributed by atoms with Crippen molar-refractivity contribution < 1.29 is 4.39 Å². The van der Waals surface area contributed by atoms with Crippen LogP contribution in [0.1, 0.15) is 19.3 Å². The van der Waals surface area contributed by atoms with Gasteiger partial charge in [-0.25, -0.2) is 4.39 Å². The summed E-state index contributed by atoms with van der Waals surface area (Å²) in [6.07, 6.45) is 3.72. The molecular formula is C13H17Cl2FN2. The Labute approximate surface area is 117 Å². The Balaban J connectivity index is 1.97. The lowest BCUT2D eigenvalue weighted by atomic mass is 10.0. The molecule has 0 saturated carbocycles. The number of benzene rings is 1. The summed E-state index contributed by atoms with van der Waals surface area (Å²) in [5.41, 5.74) is 0.769. The Morgan fingerprint density at radius 2 is 2.00 bits per heavy atom. The second kappa shape index (κ2) is 6.09. The number of rotatable bonds is 3. The molecule has 1 aliphatic rings. The topological polar surface area (TPSA) is 15.3 Å². The number of hydrogen-bond acceptors (Lipinski definition) is 2. The van der Waals surface area contributed by atoms with Crippen LogP contribution in [0.2, 0.25) is 10.0 Å². The molecular weight excluding hydrogens is 274 g/mol. The lowest BCUT2D eigenvalue weighted by Gasteiger charge is -2.32. The number of likely N-dealkylation sites (N-methyl/N-ethyl adjacent to an activating group) is 1. The van der Waals surface area contributed by atoms with E-state index in [9.17, 15) is 4.39 Å². The first kappa shape index (κ1) is 13.9.